The fraction of sp³-hybridized carbons (Fsp3) is 0.333. The summed E-state index contributed by atoms with van der Waals surface area (Å²) in [5.41, 5.74) is 1.37. The number of fused-ring (bicyclic) bond motifs is 1. The molecule has 2 aliphatic rings. The van der Waals surface area contributed by atoms with Crippen LogP contribution in [0.1, 0.15) is 26.2 Å². The first kappa shape index (κ1) is 12.3. The van der Waals surface area contributed by atoms with Gasteiger partial charge >= 0.3 is 0 Å². The lowest BCUT2D eigenvalue weighted by molar-refractivity contribution is 0.469. The van der Waals surface area contributed by atoms with Gasteiger partial charge in [0.15, 0.2) is 0 Å². The second-order valence-electron chi connectivity index (χ2n) is 4.10. The van der Waals surface area contributed by atoms with E-state index in [1.807, 2.05) is 11.8 Å². The lowest BCUT2D eigenvalue weighted by atomic mass is 10.1. The van der Waals surface area contributed by atoms with Crippen LogP contribution >= 0.6 is 11.8 Å². The topological polar surface area (TPSA) is 3.24 Å². The van der Waals surface area contributed by atoms with Gasteiger partial charge in [0.05, 0.1) is 5.70 Å². The molecule has 0 aromatic rings. The third kappa shape index (κ3) is 3.40. The second-order valence-corrected chi connectivity index (χ2v) is 5.05. The monoisotopic (exact) mass is 245 g/mol. The molecule has 0 saturated heterocycles. The number of hydrogen-bond donors (Lipinski definition) is 0. The van der Waals surface area contributed by atoms with Gasteiger partial charge in [0.25, 0.3) is 0 Å². The van der Waals surface area contributed by atoms with Crippen molar-refractivity contribution in [2.24, 2.45) is 0 Å². The van der Waals surface area contributed by atoms with Crippen LogP contribution in [-0.4, -0.2) is 11.4 Å². The van der Waals surface area contributed by atoms with Crippen molar-refractivity contribution in [2.75, 3.05) is 6.54 Å². The van der Waals surface area contributed by atoms with Gasteiger partial charge < -0.3 is 4.90 Å². The molecule has 0 spiro atoms. The Morgan fingerprint density at radius 2 is 1.94 bits per heavy atom. The minimum Gasteiger partial charge on any atom is -0.347 e. The summed E-state index contributed by atoms with van der Waals surface area (Å²) in [6, 6.07) is 0. The number of hydrogen-bond acceptors (Lipinski definition) is 2. The molecule has 2 heteroatoms. The smallest absolute Gasteiger partial charge is 0.0504 e. The minimum absolute atomic E-state index is 1.08. The fourth-order valence-corrected chi connectivity index (χ4v) is 2.81. The van der Waals surface area contributed by atoms with Crippen LogP contribution in [0, 0.1) is 0 Å². The number of rotatable bonds is 2. The van der Waals surface area contributed by atoms with E-state index in [0.29, 0.717) is 0 Å². The summed E-state index contributed by atoms with van der Waals surface area (Å²) in [5.74, 6) is 0. The third-order valence-corrected chi connectivity index (χ3v) is 3.66. The van der Waals surface area contributed by atoms with Crippen LogP contribution in [0.3, 0.4) is 0 Å². The maximum absolute atomic E-state index is 2.36. The molecule has 0 bridgehead atoms. The molecule has 0 N–H and O–H groups in total. The lowest BCUT2D eigenvalue weighted by Gasteiger charge is -2.26. The molecule has 1 aliphatic heterocycles. The molecule has 0 aromatic heterocycles. The number of thioether (sulfide) groups is 1. The van der Waals surface area contributed by atoms with Gasteiger partial charge in [-0.25, -0.2) is 0 Å². The van der Waals surface area contributed by atoms with Crippen molar-refractivity contribution in [1.82, 2.24) is 4.90 Å². The quantitative estimate of drug-likeness (QED) is 0.700. The van der Waals surface area contributed by atoms with E-state index >= 15 is 0 Å². The maximum atomic E-state index is 2.36. The highest BCUT2D eigenvalue weighted by Crippen LogP contribution is 2.32. The Morgan fingerprint density at radius 3 is 2.82 bits per heavy atom. The largest absolute Gasteiger partial charge is 0.347 e. The van der Waals surface area contributed by atoms with Gasteiger partial charge in [-0.3, -0.25) is 0 Å². The van der Waals surface area contributed by atoms with Gasteiger partial charge in [0.2, 0.25) is 0 Å². The Morgan fingerprint density at radius 1 is 1.12 bits per heavy atom. The molecular formula is C15H19NS. The van der Waals surface area contributed by atoms with Gasteiger partial charge in [0.1, 0.15) is 0 Å². The van der Waals surface area contributed by atoms with E-state index in [0.717, 1.165) is 13.0 Å². The zero-order chi connectivity index (χ0) is 11.9. The van der Waals surface area contributed by atoms with Crippen molar-refractivity contribution in [1.29, 1.82) is 0 Å². The maximum Gasteiger partial charge on any atom is 0.0504 e. The molecule has 0 atom stereocenters. The molecule has 1 aliphatic carbocycles. The minimum atomic E-state index is 1.08. The van der Waals surface area contributed by atoms with Gasteiger partial charge in [0, 0.05) is 17.6 Å². The van der Waals surface area contributed by atoms with Crippen molar-refractivity contribution in [3.63, 3.8) is 0 Å². The summed E-state index contributed by atoms with van der Waals surface area (Å²) in [5, 5.41) is 2.16. The van der Waals surface area contributed by atoms with Crippen molar-refractivity contribution in [3.05, 3.63) is 58.7 Å². The molecular weight excluding hydrogens is 226 g/mol. The highest BCUT2D eigenvalue weighted by molar-refractivity contribution is 8.06. The van der Waals surface area contributed by atoms with E-state index < -0.39 is 0 Å². The first-order valence-electron chi connectivity index (χ1n) is 6.26. The molecule has 90 valence electrons. The third-order valence-electron chi connectivity index (χ3n) is 2.73. The van der Waals surface area contributed by atoms with Crippen LogP contribution in [0.15, 0.2) is 58.7 Å². The second kappa shape index (κ2) is 6.55. The highest BCUT2D eigenvalue weighted by atomic mass is 32.2. The molecule has 2 rings (SSSR count). The Balaban J connectivity index is 2.28. The Bertz CT molecular complexity index is 399. The zero-order valence-electron chi connectivity index (χ0n) is 10.3. The van der Waals surface area contributed by atoms with Gasteiger partial charge in [-0.05, 0) is 30.7 Å². The number of allylic oxidation sites excluding steroid dienone is 6. The van der Waals surface area contributed by atoms with E-state index in [-0.39, 0.29) is 0 Å². The standard InChI is InChI=1S/C15H19NS/c1-2-11-16-12-7-3-4-8-13-17-15-10-6-5-9-14(15)16/h3-4,7-10,12-13H,2,5-6,11H2,1H3. The van der Waals surface area contributed by atoms with Crippen molar-refractivity contribution in [2.45, 2.75) is 26.2 Å². The summed E-state index contributed by atoms with van der Waals surface area (Å²) in [6.45, 7) is 3.31. The summed E-state index contributed by atoms with van der Waals surface area (Å²) < 4.78 is 0. The lowest BCUT2D eigenvalue weighted by Crippen LogP contribution is -2.19. The fourth-order valence-electron chi connectivity index (χ4n) is 1.96. The molecule has 0 fully saturated rings. The van der Waals surface area contributed by atoms with E-state index in [1.54, 1.807) is 0 Å². The average Bonchev–Trinajstić information content (AvgIpc) is 2.37. The summed E-state index contributed by atoms with van der Waals surface area (Å²) >= 11 is 1.82. The van der Waals surface area contributed by atoms with Crippen LogP contribution in [0.4, 0.5) is 0 Å². The molecule has 0 aromatic carbocycles. The first-order valence-corrected chi connectivity index (χ1v) is 7.14. The predicted octanol–water partition coefficient (Wildman–Crippen LogP) is 4.59. The summed E-state index contributed by atoms with van der Waals surface area (Å²) in [7, 11) is 0. The average molecular weight is 245 g/mol. The first-order chi connectivity index (χ1) is 8.42. The number of nitrogens with zero attached hydrogens (tertiary/aromatic N) is 1. The van der Waals surface area contributed by atoms with E-state index in [4.69, 9.17) is 0 Å². The molecule has 0 unspecified atom stereocenters. The van der Waals surface area contributed by atoms with E-state index in [9.17, 15) is 0 Å². The van der Waals surface area contributed by atoms with E-state index in [2.05, 4.69) is 59.9 Å². The summed E-state index contributed by atoms with van der Waals surface area (Å²) in [4.78, 5) is 3.75. The zero-order valence-corrected chi connectivity index (χ0v) is 11.1. The SMILES string of the molecule is CCCN1C=CC=CC=CSC2=CCCC=C21. The molecule has 0 saturated carbocycles. The Labute approximate surface area is 108 Å². The van der Waals surface area contributed by atoms with Gasteiger partial charge in [-0.1, -0.05) is 49.1 Å². The van der Waals surface area contributed by atoms with E-state index in [1.165, 1.54) is 23.4 Å². The Hall–Kier alpha value is -1.15. The normalized spacial score (nSPS) is 19.7. The van der Waals surface area contributed by atoms with Crippen LogP contribution in [0.2, 0.25) is 0 Å². The Kier molecular flexibility index (Phi) is 4.75. The molecule has 1 heterocycles. The van der Waals surface area contributed by atoms with Crippen LogP contribution in [0.25, 0.3) is 0 Å². The predicted molar refractivity (Wildman–Crippen MR) is 77.4 cm³/mol. The molecule has 1 nitrogen and oxygen atoms in total. The summed E-state index contributed by atoms with van der Waals surface area (Å²) in [6.07, 6.45) is 18.8. The van der Waals surface area contributed by atoms with Gasteiger partial charge in [-0.2, -0.15) is 0 Å². The molecule has 0 radical (unpaired) electrons. The van der Waals surface area contributed by atoms with Crippen molar-refractivity contribution in [3.8, 4) is 0 Å². The van der Waals surface area contributed by atoms with Crippen LogP contribution in [-0.2, 0) is 0 Å². The van der Waals surface area contributed by atoms with Crippen LogP contribution in [0.5, 0.6) is 0 Å². The van der Waals surface area contributed by atoms with Crippen LogP contribution < -0.4 is 0 Å². The van der Waals surface area contributed by atoms with Gasteiger partial charge in [-0.15, -0.1) is 0 Å². The van der Waals surface area contributed by atoms with Crippen molar-refractivity contribution < 1.29 is 0 Å². The van der Waals surface area contributed by atoms with Crippen molar-refractivity contribution >= 4 is 11.8 Å². The molecule has 0 amide bonds. The highest BCUT2D eigenvalue weighted by Gasteiger charge is 2.13. The molecule has 17 heavy (non-hydrogen) atoms.